The first-order valence-corrected chi connectivity index (χ1v) is 10.5. The average Bonchev–Trinajstić information content (AvgIpc) is 2.67. The van der Waals surface area contributed by atoms with Crippen molar-refractivity contribution in [3.05, 3.63) is 64.8 Å². The standard InChI is InChI=1S/C27H28NO/c1-15(2)12-19-13-20-10-11-28(6)26-24-17(4)21-9-7-8-16(3)23(21)18(5)27(24)29-22(14-19)25(20)26/h7-11,13-15H,12H2,1-6H3/q+1. The first-order chi connectivity index (χ1) is 13.9. The Kier molecular flexibility index (Phi) is 3.96. The highest BCUT2D eigenvalue weighted by atomic mass is 16.5. The van der Waals surface area contributed by atoms with Gasteiger partial charge in [-0.3, -0.25) is 0 Å². The van der Waals surface area contributed by atoms with Crippen molar-refractivity contribution in [3.8, 4) is 22.8 Å². The van der Waals surface area contributed by atoms with Gasteiger partial charge in [0.1, 0.15) is 18.5 Å². The molecule has 0 saturated heterocycles. The van der Waals surface area contributed by atoms with Gasteiger partial charge in [0.15, 0.2) is 6.20 Å². The van der Waals surface area contributed by atoms with Crippen LogP contribution in [0.25, 0.3) is 32.8 Å². The van der Waals surface area contributed by atoms with Crippen molar-refractivity contribution in [1.82, 2.24) is 0 Å². The quantitative estimate of drug-likeness (QED) is 0.309. The normalized spacial score (nSPS) is 12.5. The summed E-state index contributed by atoms with van der Waals surface area (Å²) in [6.45, 7) is 11.2. The van der Waals surface area contributed by atoms with Crippen LogP contribution in [0.4, 0.5) is 0 Å². The first-order valence-electron chi connectivity index (χ1n) is 10.5. The Morgan fingerprint density at radius 3 is 2.52 bits per heavy atom. The lowest BCUT2D eigenvalue weighted by atomic mass is 9.87. The van der Waals surface area contributed by atoms with Crippen molar-refractivity contribution in [2.45, 2.75) is 41.0 Å². The monoisotopic (exact) mass is 382 g/mol. The van der Waals surface area contributed by atoms with Gasteiger partial charge in [-0.25, -0.2) is 4.57 Å². The van der Waals surface area contributed by atoms with Crippen molar-refractivity contribution in [3.63, 3.8) is 0 Å². The number of rotatable bonds is 2. The summed E-state index contributed by atoms with van der Waals surface area (Å²) in [4.78, 5) is 0. The number of hydrogen-bond donors (Lipinski definition) is 0. The summed E-state index contributed by atoms with van der Waals surface area (Å²) >= 11 is 0. The number of aromatic nitrogens is 1. The van der Waals surface area contributed by atoms with E-state index >= 15 is 0 Å². The van der Waals surface area contributed by atoms with Crippen LogP contribution in [0.5, 0.6) is 11.5 Å². The summed E-state index contributed by atoms with van der Waals surface area (Å²) in [7, 11) is 2.14. The van der Waals surface area contributed by atoms with Crippen LogP contribution >= 0.6 is 0 Å². The van der Waals surface area contributed by atoms with E-state index in [1.807, 2.05) is 0 Å². The second-order valence-electron chi connectivity index (χ2n) is 8.99. The van der Waals surface area contributed by atoms with Gasteiger partial charge in [0.25, 0.3) is 0 Å². The molecule has 146 valence electrons. The van der Waals surface area contributed by atoms with Crippen LogP contribution < -0.4 is 9.30 Å². The third kappa shape index (κ3) is 2.58. The predicted molar refractivity (Wildman–Crippen MR) is 121 cm³/mol. The highest BCUT2D eigenvalue weighted by Gasteiger charge is 2.32. The number of fused-ring (bicyclic) bond motifs is 3. The zero-order chi connectivity index (χ0) is 20.4. The van der Waals surface area contributed by atoms with E-state index in [4.69, 9.17) is 4.74 Å². The summed E-state index contributed by atoms with van der Waals surface area (Å²) in [5.41, 5.74) is 7.67. The first kappa shape index (κ1) is 18.2. The van der Waals surface area contributed by atoms with Crippen molar-refractivity contribution in [2.75, 3.05) is 0 Å². The van der Waals surface area contributed by atoms with E-state index in [1.54, 1.807) is 0 Å². The predicted octanol–water partition coefficient (Wildman–Crippen LogP) is 6.71. The molecule has 5 rings (SSSR count). The lowest BCUT2D eigenvalue weighted by Gasteiger charge is -2.25. The summed E-state index contributed by atoms with van der Waals surface area (Å²) in [6.07, 6.45) is 3.25. The SMILES string of the molecule is Cc1c2c(c(C)c3c(C)cccc13)Oc1cc(CC(C)C)cc3cc[n+](C)c-2c13. The molecule has 0 spiro atoms. The maximum absolute atomic E-state index is 6.69. The lowest BCUT2D eigenvalue weighted by molar-refractivity contribution is -0.659. The largest absolute Gasteiger partial charge is 0.455 e. The van der Waals surface area contributed by atoms with Crippen molar-refractivity contribution < 1.29 is 9.30 Å². The van der Waals surface area contributed by atoms with Crippen molar-refractivity contribution in [1.29, 1.82) is 0 Å². The average molecular weight is 383 g/mol. The van der Waals surface area contributed by atoms with Crippen molar-refractivity contribution in [2.24, 2.45) is 13.0 Å². The smallest absolute Gasteiger partial charge is 0.228 e. The molecule has 0 atom stereocenters. The zero-order valence-corrected chi connectivity index (χ0v) is 18.2. The zero-order valence-electron chi connectivity index (χ0n) is 18.2. The Labute approximate surface area is 172 Å². The number of hydrogen-bond acceptors (Lipinski definition) is 1. The van der Waals surface area contributed by atoms with E-state index in [-0.39, 0.29) is 0 Å². The molecule has 0 radical (unpaired) electrons. The fraction of sp³-hybridized carbons (Fsp3) is 0.296. The van der Waals surface area contributed by atoms with Crippen LogP contribution in [-0.2, 0) is 13.5 Å². The van der Waals surface area contributed by atoms with Crippen LogP contribution in [-0.4, -0.2) is 0 Å². The molecule has 0 amide bonds. The van der Waals surface area contributed by atoms with Gasteiger partial charge in [0.2, 0.25) is 5.69 Å². The summed E-state index contributed by atoms with van der Waals surface area (Å²) in [6, 6.07) is 13.4. The molecule has 1 aromatic heterocycles. The molecule has 0 bridgehead atoms. The molecule has 0 N–H and O–H groups in total. The van der Waals surface area contributed by atoms with Crippen molar-refractivity contribution >= 4 is 21.5 Å². The van der Waals surface area contributed by atoms with Gasteiger partial charge < -0.3 is 4.74 Å². The van der Waals surface area contributed by atoms with Gasteiger partial charge in [-0.05, 0) is 72.0 Å². The molecule has 0 saturated carbocycles. The highest BCUT2D eigenvalue weighted by Crippen LogP contribution is 2.50. The molecule has 0 fully saturated rings. The van der Waals surface area contributed by atoms with E-state index in [2.05, 4.69) is 88.8 Å². The second kappa shape index (κ2) is 6.32. The van der Waals surface area contributed by atoms with E-state index in [1.165, 1.54) is 55.1 Å². The van der Waals surface area contributed by atoms with Gasteiger partial charge >= 0.3 is 0 Å². The molecule has 1 aliphatic heterocycles. The molecule has 2 heteroatoms. The number of benzene rings is 3. The molecule has 0 aliphatic carbocycles. The molecular weight excluding hydrogens is 354 g/mol. The summed E-state index contributed by atoms with van der Waals surface area (Å²) in [5.74, 6) is 2.62. The lowest BCUT2D eigenvalue weighted by Crippen LogP contribution is -2.32. The van der Waals surface area contributed by atoms with Crippen LogP contribution in [0.2, 0.25) is 0 Å². The molecule has 3 aromatic carbocycles. The fourth-order valence-electron chi connectivity index (χ4n) is 5.10. The van der Waals surface area contributed by atoms with Crippen LogP contribution in [0.3, 0.4) is 0 Å². The van der Waals surface area contributed by atoms with E-state index in [0.717, 1.165) is 17.9 Å². The van der Waals surface area contributed by atoms with Crippen LogP contribution in [0, 0.1) is 26.7 Å². The molecule has 29 heavy (non-hydrogen) atoms. The van der Waals surface area contributed by atoms with E-state index < -0.39 is 0 Å². The highest BCUT2D eigenvalue weighted by molar-refractivity contribution is 6.07. The number of pyridine rings is 1. The Morgan fingerprint density at radius 2 is 1.76 bits per heavy atom. The third-order valence-corrected chi connectivity index (χ3v) is 6.35. The fourth-order valence-corrected chi connectivity index (χ4v) is 5.10. The second-order valence-corrected chi connectivity index (χ2v) is 8.99. The number of nitrogens with zero attached hydrogens (tertiary/aromatic N) is 1. The Morgan fingerprint density at radius 1 is 0.966 bits per heavy atom. The maximum Gasteiger partial charge on any atom is 0.228 e. The third-order valence-electron chi connectivity index (χ3n) is 6.35. The minimum absolute atomic E-state index is 0.616. The Balaban J connectivity index is 1.92. The van der Waals surface area contributed by atoms with Gasteiger partial charge in [0, 0.05) is 11.6 Å². The van der Waals surface area contributed by atoms with Gasteiger partial charge in [-0.2, -0.15) is 0 Å². The number of ether oxygens (including phenoxy) is 1. The maximum atomic E-state index is 6.69. The van der Waals surface area contributed by atoms with Crippen LogP contribution in [0.15, 0.2) is 42.6 Å². The summed E-state index contributed by atoms with van der Waals surface area (Å²) in [5, 5.41) is 5.13. The van der Waals surface area contributed by atoms with E-state index in [9.17, 15) is 0 Å². The van der Waals surface area contributed by atoms with Crippen LogP contribution in [0.1, 0.15) is 36.1 Å². The molecule has 2 nitrogen and oxygen atoms in total. The molecular formula is C27H28NO+. The van der Waals surface area contributed by atoms with Gasteiger partial charge in [0.05, 0.1) is 10.9 Å². The molecule has 0 unspecified atom stereocenters. The van der Waals surface area contributed by atoms with Gasteiger partial charge in [-0.15, -0.1) is 0 Å². The Hall–Kier alpha value is -2.87. The van der Waals surface area contributed by atoms with E-state index in [0.29, 0.717) is 5.92 Å². The molecule has 4 aromatic rings. The number of aryl methyl sites for hydroxylation is 4. The van der Waals surface area contributed by atoms with Gasteiger partial charge in [-0.1, -0.05) is 38.1 Å². The topological polar surface area (TPSA) is 13.1 Å². The Bertz CT molecular complexity index is 1310. The molecule has 2 heterocycles. The summed E-state index contributed by atoms with van der Waals surface area (Å²) < 4.78 is 8.94. The minimum atomic E-state index is 0.616. The minimum Gasteiger partial charge on any atom is -0.455 e. The molecule has 1 aliphatic rings.